The smallest absolute Gasteiger partial charge is 0.255 e. The van der Waals surface area contributed by atoms with Gasteiger partial charge in [0.25, 0.3) is 11.8 Å². The zero-order valence-electron chi connectivity index (χ0n) is 18.4. The fraction of sp³-hybridized carbons (Fsp3) is 0.375. The van der Waals surface area contributed by atoms with Crippen molar-refractivity contribution in [3.63, 3.8) is 0 Å². The first-order valence-electron chi connectivity index (χ1n) is 10.9. The van der Waals surface area contributed by atoms with E-state index in [2.05, 4.69) is 39.3 Å². The number of anilines is 1. The number of carbonyl (C=O) groups is 2. The second-order valence-corrected chi connectivity index (χ2v) is 8.71. The largest absolute Gasteiger partial charge is 0.388 e. The van der Waals surface area contributed by atoms with E-state index in [-0.39, 0.29) is 18.4 Å². The van der Waals surface area contributed by atoms with Crippen LogP contribution in [-0.4, -0.2) is 63.1 Å². The maximum absolute atomic E-state index is 12.7. The number of nitrogens with zero attached hydrogens (tertiary/aromatic N) is 2. The van der Waals surface area contributed by atoms with Crippen molar-refractivity contribution in [2.24, 2.45) is 0 Å². The van der Waals surface area contributed by atoms with E-state index in [1.807, 2.05) is 0 Å². The van der Waals surface area contributed by atoms with E-state index in [9.17, 15) is 14.7 Å². The first-order chi connectivity index (χ1) is 15.3. The molecule has 0 unspecified atom stereocenters. The summed E-state index contributed by atoms with van der Waals surface area (Å²) in [5.74, 6) is -0.551. The van der Waals surface area contributed by atoms with Crippen LogP contribution in [0.3, 0.4) is 0 Å². The predicted molar refractivity (Wildman–Crippen MR) is 124 cm³/mol. The van der Waals surface area contributed by atoms with Crippen molar-refractivity contribution in [2.75, 3.05) is 25.0 Å². The van der Waals surface area contributed by atoms with Crippen LogP contribution in [0.4, 0.5) is 5.69 Å². The molecule has 0 aliphatic carbocycles. The number of benzene rings is 2. The maximum Gasteiger partial charge on any atom is 0.255 e. The van der Waals surface area contributed by atoms with Crippen LogP contribution >= 0.6 is 0 Å². The summed E-state index contributed by atoms with van der Waals surface area (Å²) < 4.78 is 0. The van der Waals surface area contributed by atoms with Gasteiger partial charge in [-0.2, -0.15) is 0 Å². The number of hydrogen-bond donors (Lipinski definition) is 4. The Labute approximate surface area is 187 Å². The molecular weight excluding hydrogens is 406 g/mol. The van der Waals surface area contributed by atoms with Crippen molar-refractivity contribution in [3.8, 4) is 0 Å². The number of carbonyl (C=O) groups excluding carboxylic acids is 2. The molecule has 1 fully saturated rings. The highest BCUT2D eigenvalue weighted by molar-refractivity contribution is 6.06. The molecule has 168 valence electrons. The summed E-state index contributed by atoms with van der Waals surface area (Å²) in [4.78, 5) is 34.8. The van der Waals surface area contributed by atoms with Crippen molar-refractivity contribution >= 4 is 28.5 Å². The maximum atomic E-state index is 12.7. The molecule has 1 saturated heterocycles. The minimum absolute atomic E-state index is 0.207. The molecule has 0 radical (unpaired) electrons. The summed E-state index contributed by atoms with van der Waals surface area (Å²) in [6.07, 6.45) is 2.84. The number of rotatable bonds is 6. The molecule has 2 amide bonds. The van der Waals surface area contributed by atoms with E-state index in [1.54, 1.807) is 48.8 Å². The summed E-state index contributed by atoms with van der Waals surface area (Å²) in [5.41, 5.74) is 2.12. The van der Waals surface area contributed by atoms with Gasteiger partial charge in [-0.1, -0.05) is 6.07 Å². The van der Waals surface area contributed by atoms with E-state index in [0.717, 1.165) is 24.1 Å². The van der Waals surface area contributed by atoms with E-state index in [1.165, 1.54) is 0 Å². The molecule has 8 nitrogen and oxygen atoms in total. The van der Waals surface area contributed by atoms with E-state index < -0.39 is 5.60 Å². The second kappa shape index (κ2) is 9.10. The molecular formula is C24H29N5O3. The number of fused-ring (bicyclic) bond motifs is 1. The summed E-state index contributed by atoms with van der Waals surface area (Å²) in [6.45, 7) is 6.13. The van der Waals surface area contributed by atoms with Crippen LogP contribution in [0.1, 0.15) is 47.4 Å². The molecule has 0 atom stereocenters. The van der Waals surface area contributed by atoms with Crippen molar-refractivity contribution in [2.45, 2.75) is 38.3 Å². The van der Waals surface area contributed by atoms with Gasteiger partial charge < -0.3 is 25.6 Å². The van der Waals surface area contributed by atoms with Gasteiger partial charge in [-0.15, -0.1) is 0 Å². The van der Waals surface area contributed by atoms with Crippen LogP contribution in [-0.2, 0) is 0 Å². The Balaban J connectivity index is 1.36. The number of nitrogens with one attached hydrogen (secondary N) is 3. The van der Waals surface area contributed by atoms with E-state index >= 15 is 0 Å². The van der Waals surface area contributed by atoms with Crippen molar-refractivity contribution < 1.29 is 14.7 Å². The lowest BCUT2D eigenvalue weighted by atomic mass is 9.90. The molecule has 2 heterocycles. The first kappa shape index (κ1) is 22.0. The number of likely N-dealkylation sites (tertiary alicyclic amines) is 1. The van der Waals surface area contributed by atoms with Gasteiger partial charge in [-0.05, 0) is 63.1 Å². The molecule has 0 spiro atoms. The van der Waals surface area contributed by atoms with Crippen LogP contribution < -0.4 is 10.6 Å². The molecule has 1 aromatic heterocycles. The summed E-state index contributed by atoms with van der Waals surface area (Å²) in [7, 11) is 0. The number of piperidine rings is 1. The minimum atomic E-state index is -0.891. The zero-order valence-corrected chi connectivity index (χ0v) is 18.4. The van der Waals surface area contributed by atoms with Crippen molar-refractivity contribution in [1.82, 2.24) is 20.2 Å². The van der Waals surface area contributed by atoms with Gasteiger partial charge in [-0.3, -0.25) is 9.59 Å². The van der Waals surface area contributed by atoms with Gasteiger partial charge in [-0.25, -0.2) is 4.98 Å². The molecule has 1 aliphatic rings. The topological polar surface area (TPSA) is 110 Å². The number of imidazole rings is 1. The SMILES string of the molecule is CC(C)N1CCC(O)(CNC(=O)c2cccc(NC(=O)c3ccc4nc[nH]c4c3)c2)CC1. The standard InChI is InChI=1S/C24H29N5O3/c1-16(2)29-10-8-24(32,9-11-29)14-25-22(30)17-4-3-5-19(12-17)28-23(31)18-6-7-20-21(13-18)27-15-26-20/h3-7,12-13,15-16,32H,8-11,14H2,1-2H3,(H,25,30)(H,26,27)(H,28,31). The Kier molecular flexibility index (Phi) is 6.25. The average molecular weight is 436 g/mol. The molecule has 0 bridgehead atoms. The first-order valence-corrected chi connectivity index (χ1v) is 10.9. The third kappa shape index (κ3) is 4.98. The third-order valence-electron chi connectivity index (χ3n) is 6.10. The molecule has 1 aliphatic heterocycles. The zero-order chi connectivity index (χ0) is 22.7. The summed E-state index contributed by atoms with van der Waals surface area (Å²) in [6, 6.07) is 12.5. The van der Waals surface area contributed by atoms with Crippen molar-refractivity contribution in [3.05, 3.63) is 59.9 Å². The van der Waals surface area contributed by atoms with Crippen LogP contribution in [0, 0.1) is 0 Å². The van der Waals surface area contributed by atoms with Crippen molar-refractivity contribution in [1.29, 1.82) is 0 Å². The fourth-order valence-corrected chi connectivity index (χ4v) is 4.00. The monoisotopic (exact) mass is 435 g/mol. The quantitative estimate of drug-likeness (QED) is 0.476. The van der Waals surface area contributed by atoms with Gasteiger partial charge in [0, 0.05) is 42.5 Å². The van der Waals surface area contributed by atoms with Gasteiger partial charge in [0.15, 0.2) is 0 Å². The Morgan fingerprint density at radius 1 is 1.12 bits per heavy atom. The Hall–Kier alpha value is -3.23. The third-order valence-corrected chi connectivity index (χ3v) is 6.10. The molecule has 2 aromatic carbocycles. The molecule has 8 heteroatoms. The number of aromatic nitrogens is 2. The number of hydrogen-bond acceptors (Lipinski definition) is 5. The predicted octanol–water partition coefficient (Wildman–Crippen LogP) is 2.78. The van der Waals surface area contributed by atoms with Gasteiger partial charge in [0.1, 0.15) is 0 Å². The van der Waals surface area contributed by atoms with E-state index in [4.69, 9.17) is 0 Å². The number of aliphatic hydroxyl groups is 1. The highest BCUT2D eigenvalue weighted by Gasteiger charge is 2.33. The average Bonchev–Trinajstić information content (AvgIpc) is 3.26. The Morgan fingerprint density at radius 3 is 2.62 bits per heavy atom. The van der Waals surface area contributed by atoms with Gasteiger partial charge in [0.2, 0.25) is 0 Å². The highest BCUT2D eigenvalue weighted by Crippen LogP contribution is 2.23. The highest BCUT2D eigenvalue weighted by atomic mass is 16.3. The summed E-state index contributed by atoms with van der Waals surface area (Å²) >= 11 is 0. The van der Waals surface area contributed by atoms with Crippen LogP contribution in [0.2, 0.25) is 0 Å². The molecule has 0 saturated carbocycles. The molecule has 32 heavy (non-hydrogen) atoms. The Bertz CT molecular complexity index is 1120. The molecule has 4 rings (SSSR count). The fourth-order valence-electron chi connectivity index (χ4n) is 4.00. The number of H-pyrrole nitrogens is 1. The second-order valence-electron chi connectivity index (χ2n) is 8.71. The number of aromatic amines is 1. The minimum Gasteiger partial charge on any atom is -0.388 e. The Morgan fingerprint density at radius 2 is 1.88 bits per heavy atom. The summed E-state index contributed by atoms with van der Waals surface area (Å²) in [5, 5.41) is 16.5. The van der Waals surface area contributed by atoms with Crippen LogP contribution in [0.5, 0.6) is 0 Å². The number of amides is 2. The van der Waals surface area contributed by atoms with Gasteiger partial charge in [0.05, 0.1) is 23.0 Å². The lowest BCUT2D eigenvalue weighted by molar-refractivity contribution is -0.0254. The van der Waals surface area contributed by atoms with Crippen LogP contribution in [0.25, 0.3) is 11.0 Å². The molecule has 3 aromatic rings. The normalized spacial score (nSPS) is 16.2. The molecule has 4 N–H and O–H groups in total. The van der Waals surface area contributed by atoms with Crippen LogP contribution in [0.15, 0.2) is 48.8 Å². The van der Waals surface area contributed by atoms with Gasteiger partial charge >= 0.3 is 0 Å². The van der Waals surface area contributed by atoms with E-state index in [0.29, 0.717) is 35.7 Å². The lowest BCUT2D eigenvalue weighted by Gasteiger charge is -2.40. The lowest BCUT2D eigenvalue weighted by Crippen LogP contribution is -2.52.